The summed E-state index contributed by atoms with van der Waals surface area (Å²) >= 11 is 0.777. The fourth-order valence-corrected chi connectivity index (χ4v) is 2.19. The van der Waals surface area contributed by atoms with Gasteiger partial charge in [0.25, 0.3) is 5.69 Å². The Morgan fingerprint density at radius 2 is 2.10 bits per heavy atom. The van der Waals surface area contributed by atoms with Crippen LogP contribution in [0.5, 0.6) is 0 Å². The van der Waals surface area contributed by atoms with Crippen LogP contribution in [0.3, 0.4) is 0 Å². The SMILES string of the molecule is CC(=O)SCC(O)C(O)c1cc([N+](=O)[O-])c(C)cc1F. The minimum absolute atomic E-state index is 0.121. The highest BCUT2D eigenvalue weighted by Crippen LogP contribution is 2.28. The van der Waals surface area contributed by atoms with Crippen LogP contribution in [0.15, 0.2) is 12.1 Å². The van der Waals surface area contributed by atoms with E-state index in [-0.39, 0.29) is 27.7 Å². The van der Waals surface area contributed by atoms with Crippen molar-refractivity contribution in [2.24, 2.45) is 0 Å². The van der Waals surface area contributed by atoms with Crippen molar-refractivity contribution in [2.75, 3.05) is 5.75 Å². The highest BCUT2D eigenvalue weighted by Gasteiger charge is 2.25. The Hall–Kier alpha value is -1.51. The molecule has 0 bridgehead atoms. The average Bonchev–Trinajstić information content (AvgIpc) is 2.34. The molecule has 1 aromatic rings. The van der Waals surface area contributed by atoms with Gasteiger partial charge in [-0.15, -0.1) is 0 Å². The summed E-state index contributed by atoms with van der Waals surface area (Å²) in [5.74, 6) is -0.968. The van der Waals surface area contributed by atoms with Crippen molar-refractivity contribution in [1.29, 1.82) is 0 Å². The molecular weight excluding hydrogens is 289 g/mol. The fraction of sp³-hybridized carbons (Fsp3) is 0.417. The molecule has 0 fully saturated rings. The van der Waals surface area contributed by atoms with Crippen LogP contribution in [0.2, 0.25) is 0 Å². The molecular formula is C12H14FNO5S. The zero-order chi connectivity index (χ0) is 15.4. The molecule has 8 heteroatoms. The molecule has 1 aromatic carbocycles. The van der Waals surface area contributed by atoms with Crippen molar-refractivity contribution >= 4 is 22.6 Å². The zero-order valence-corrected chi connectivity index (χ0v) is 11.7. The summed E-state index contributed by atoms with van der Waals surface area (Å²) in [6.45, 7) is 2.67. The average molecular weight is 303 g/mol. The molecule has 0 saturated carbocycles. The predicted octanol–water partition coefficient (Wildman–Crippen LogP) is 1.72. The summed E-state index contributed by atoms with van der Waals surface area (Å²) in [4.78, 5) is 20.9. The molecule has 1 rings (SSSR count). The van der Waals surface area contributed by atoms with Gasteiger partial charge in [0.15, 0.2) is 5.12 Å². The number of hydrogen-bond donors (Lipinski definition) is 2. The van der Waals surface area contributed by atoms with Crippen molar-refractivity contribution in [1.82, 2.24) is 0 Å². The number of carbonyl (C=O) groups is 1. The Morgan fingerprint density at radius 1 is 1.50 bits per heavy atom. The van der Waals surface area contributed by atoms with Gasteiger partial charge in [-0.3, -0.25) is 14.9 Å². The Morgan fingerprint density at radius 3 is 2.60 bits per heavy atom. The van der Waals surface area contributed by atoms with Crippen molar-refractivity contribution in [3.8, 4) is 0 Å². The van der Waals surface area contributed by atoms with Gasteiger partial charge in [-0.2, -0.15) is 0 Å². The van der Waals surface area contributed by atoms with Crippen LogP contribution in [0.4, 0.5) is 10.1 Å². The Labute approximate surface area is 118 Å². The quantitative estimate of drug-likeness (QED) is 0.634. The molecule has 2 unspecified atom stereocenters. The van der Waals surface area contributed by atoms with Crippen LogP contribution in [0.1, 0.15) is 24.2 Å². The van der Waals surface area contributed by atoms with Gasteiger partial charge in [0.1, 0.15) is 11.9 Å². The monoisotopic (exact) mass is 303 g/mol. The first-order valence-corrected chi connectivity index (χ1v) is 6.66. The molecule has 0 aliphatic heterocycles. The van der Waals surface area contributed by atoms with Crippen LogP contribution in [-0.2, 0) is 4.79 Å². The number of carbonyl (C=O) groups excluding carboxylic acids is 1. The topological polar surface area (TPSA) is 101 Å². The van der Waals surface area contributed by atoms with E-state index in [1.54, 1.807) is 0 Å². The number of thioether (sulfide) groups is 1. The molecule has 110 valence electrons. The molecule has 20 heavy (non-hydrogen) atoms. The third-order valence-electron chi connectivity index (χ3n) is 2.65. The smallest absolute Gasteiger partial charge is 0.272 e. The standard InChI is InChI=1S/C12H14FNO5S/c1-6-3-9(13)8(4-10(6)14(18)19)12(17)11(16)5-20-7(2)15/h3-4,11-12,16-17H,5H2,1-2H3. The first-order chi connectivity index (χ1) is 9.23. The number of nitro benzene ring substituents is 1. The lowest BCUT2D eigenvalue weighted by atomic mass is 10.0. The molecule has 0 amide bonds. The van der Waals surface area contributed by atoms with Gasteiger partial charge >= 0.3 is 0 Å². The van der Waals surface area contributed by atoms with Gasteiger partial charge in [0.2, 0.25) is 0 Å². The summed E-state index contributed by atoms with van der Waals surface area (Å²) in [5.41, 5.74) is -0.582. The molecule has 0 aliphatic rings. The van der Waals surface area contributed by atoms with E-state index in [1.165, 1.54) is 13.8 Å². The van der Waals surface area contributed by atoms with Crippen molar-refractivity contribution < 1.29 is 24.3 Å². The number of benzene rings is 1. The number of nitro groups is 1. The van der Waals surface area contributed by atoms with Gasteiger partial charge in [-0.25, -0.2) is 4.39 Å². The number of aliphatic hydroxyl groups is 2. The second kappa shape index (κ2) is 6.78. The first-order valence-electron chi connectivity index (χ1n) is 5.68. The maximum absolute atomic E-state index is 13.7. The Bertz CT molecular complexity index is 537. The fourth-order valence-electron chi connectivity index (χ4n) is 1.60. The van der Waals surface area contributed by atoms with Gasteiger partial charge in [-0.05, 0) is 13.0 Å². The lowest BCUT2D eigenvalue weighted by Crippen LogP contribution is -2.22. The third-order valence-corrected chi connectivity index (χ3v) is 3.57. The minimum Gasteiger partial charge on any atom is -0.389 e. The number of rotatable bonds is 5. The van der Waals surface area contributed by atoms with Crippen LogP contribution >= 0.6 is 11.8 Å². The van der Waals surface area contributed by atoms with Crippen LogP contribution in [-0.4, -0.2) is 32.1 Å². The van der Waals surface area contributed by atoms with E-state index in [0.29, 0.717) is 0 Å². The van der Waals surface area contributed by atoms with Gasteiger partial charge in [-0.1, -0.05) is 11.8 Å². The Balaban J connectivity index is 3.02. The van der Waals surface area contributed by atoms with Crippen molar-refractivity contribution in [3.63, 3.8) is 0 Å². The number of aryl methyl sites for hydroxylation is 1. The first kappa shape index (κ1) is 16.5. The van der Waals surface area contributed by atoms with Gasteiger partial charge in [0.05, 0.1) is 11.0 Å². The van der Waals surface area contributed by atoms with E-state index in [0.717, 1.165) is 23.9 Å². The van der Waals surface area contributed by atoms with Crippen molar-refractivity contribution in [3.05, 3.63) is 39.2 Å². The maximum Gasteiger partial charge on any atom is 0.272 e. The minimum atomic E-state index is -1.64. The number of halogens is 1. The lowest BCUT2D eigenvalue weighted by Gasteiger charge is -2.18. The number of aliphatic hydroxyl groups excluding tert-OH is 2. The third kappa shape index (κ3) is 3.99. The van der Waals surface area contributed by atoms with Crippen LogP contribution < -0.4 is 0 Å². The summed E-state index contributed by atoms with van der Waals surface area (Å²) in [6, 6.07) is 1.83. The van der Waals surface area contributed by atoms with Gasteiger partial charge < -0.3 is 10.2 Å². The second-order valence-corrected chi connectivity index (χ2v) is 5.43. The molecule has 0 saturated heterocycles. The molecule has 0 spiro atoms. The Kier molecular flexibility index (Phi) is 5.61. The molecule has 2 N–H and O–H groups in total. The van der Waals surface area contributed by atoms with Gasteiger partial charge in [0, 0.05) is 29.9 Å². The van der Waals surface area contributed by atoms with Crippen LogP contribution in [0, 0.1) is 22.9 Å². The second-order valence-electron chi connectivity index (χ2n) is 4.23. The maximum atomic E-state index is 13.7. The van der Waals surface area contributed by atoms with Crippen molar-refractivity contribution in [2.45, 2.75) is 26.1 Å². The van der Waals surface area contributed by atoms with Crippen LogP contribution in [0.25, 0.3) is 0 Å². The lowest BCUT2D eigenvalue weighted by molar-refractivity contribution is -0.385. The largest absolute Gasteiger partial charge is 0.389 e. The highest BCUT2D eigenvalue weighted by atomic mass is 32.2. The van der Waals surface area contributed by atoms with E-state index < -0.39 is 22.9 Å². The summed E-state index contributed by atoms with van der Waals surface area (Å²) in [7, 11) is 0. The highest BCUT2D eigenvalue weighted by molar-refractivity contribution is 8.13. The molecule has 0 heterocycles. The molecule has 0 aromatic heterocycles. The predicted molar refractivity (Wildman–Crippen MR) is 71.9 cm³/mol. The molecule has 0 aliphatic carbocycles. The number of nitrogens with zero attached hydrogens (tertiary/aromatic N) is 1. The summed E-state index contributed by atoms with van der Waals surface area (Å²) < 4.78 is 13.7. The number of hydrogen-bond acceptors (Lipinski definition) is 6. The molecule has 0 radical (unpaired) electrons. The van der Waals surface area contributed by atoms with E-state index in [4.69, 9.17) is 0 Å². The van der Waals surface area contributed by atoms with E-state index >= 15 is 0 Å². The molecule has 2 atom stereocenters. The van der Waals surface area contributed by atoms with E-state index in [9.17, 15) is 29.5 Å². The zero-order valence-electron chi connectivity index (χ0n) is 10.9. The normalized spacial score (nSPS) is 13.8. The summed E-state index contributed by atoms with van der Waals surface area (Å²) in [5, 5.41) is 30.1. The van der Waals surface area contributed by atoms with E-state index in [2.05, 4.69) is 0 Å². The summed E-state index contributed by atoms with van der Waals surface area (Å²) in [6.07, 6.45) is -3.04. The molecule has 6 nitrogen and oxygen atoms in total. The van der Waals surface area contributed by atoms with E-state index in [1.807, 2.05) is 0 Å².